The number of aliphatic hydroxyl groups is 1. The number of aliphatic imine (C=N–C) groups is 1. The molecule has 3 N–H and O–H groups in total. The lowest BCUT2D eigenvalue weighted by atomic mass is 9.84. The zero-order valence-corrected chi connectivity index (χ0v) is 20.0. The van der Waals surface area contributed by atoms with E-state index in [9.17, 15) is 13.9 Å². The molecule has 1 aliphatic carbocycles. The molecule has 4 heterocycles. The number of alkyl halides is 2. The Balaban J connectivity index is 1.40. The fourth-order valence-corrected chi connectivity index (χ4v) is 4.98. The summed E-state index contributed by atoms with van der Waals surface area (Å²) in [6, 6.07) is 6.03. The van der Waals surface area contributed by atoms with Gasteiger partial charge in [-0.15, -0.1) is 5.10 Å². The highest BCUT2D eigenvalue weighted by Gasteiger charge is 2.29. The fourth-order valence-electron chi connectivity index (χ4n) is 4.98. The van der Waals surface area contributed by atoms with E-state index in [0.29, 0.717) is 24.6 Å². The Labute approximate surface area is 202 Å². The molecule has 0 saturated heterocycles. The highest BCUT2D eigenvalue weighted by atomic mass is 19.3. The number of fused-ring (bicyclic) bond motifs is 2. The van der Waals surface area contributed by atoms with Crippen molar-refractivity contribution in [3.8, 4) is 11.3 Å². The molecule has 35 heavy (non-hydrogen) atoms. The van der Waals surface area contributed by atoms with E-state index >= 15 is 0 Å². The van der Waals surface area contributed by atoms with Crippen LogP contribution in [0.15, 0.2) is 29.4 Å². The SMILES string of the molecule is CNc1nc(NC2CCC(C)(O)CC2)nn2ccc(-c3ccc4c(n3)C(CCCC(F)F)C=N4)c12. The summed E-state index contributed by atoms with van der Waals surface area (Å²) < 4.78 is 27.0. The Morgan fingerprint density at radius 2 is 2.00 bits per heavy atom. The number of nitrogens with one attached hydrogen (secondary N) is 2. The van der Waals surface area contributed by atoms with E-state index in [0.717, 1.165) is 53.8 Å². The summed E-state index contributed by atoms with van der Waals surface area (Å²) in [4.78, 5) is 14.0. The first-order chi connectivity index (χ1) is 16.8. The lowest BCUT2D eigenvalue weighted by Crippen LogP contribution is -2.36. The van der Waals surface area contributed by atoms with Crippen LogP contribution < -0.4 is 10.6 Å². The van der Waals surface area contributed by atoms with E-state index < -0.39 is 12.0 Å². The van der Waals surface area contributed by atoms with Crippen LogP contribution in [0.5, 0.6) is 0 Å². The van der Waals surface area contributed by atoms with Crippen LogP contribution in [0.25, 0.3) is 16.8 Å². The number of halogens is 2. The highest BCUT2D eigenvalue weighted by molar-refractivity contribution is 5.88. The van der Waals surface area contributed by atoms with Gasteiger partial charge in [-0.05, 0) is 63.6 Å². The van der Waals surface area contributed by atoms with Crippen LogP contribution in [-0.4, -0.2) is 56.0 Å². The smallest absolute Gasteiger partial charge is 0.243 e. The maximum Gasteiger partial charge on any atom is 0.243 e. The minimum Gasteiger partial charge on any atom is -0.390 e. The third-order valence-electron chi connectivity index (χ3n) is 7.00. The second kappa shape index (κ2) is 9.49. The number of anilines is 2. The van der Waals surface area contributed by atoms with Crippen molar-refractivity contribution in [3.05, 3.63) is 30.1 Å². The van der Waals surface area contributed by atoms with Crippen LogP contribution in [0.3, 0.4) is 0 Å². The number of pyridine rings is 1. The van der Waals surface area contributed by atoms with Crippen molar-refractivity contribution in [2.75, 3.05) is 17.7 Å². The first-order valence-corrected chi connectivity index (χ1v) is 12.2. The molecule has 1 aliphatic heterocycles. The van der Waals surface area contributed by atoms with Crippen LogP contribution in [0.2, 0.25) is 0 Å². The summed E-state index contributed by atoms with van der Waals surface area (Å²) >= 11 is 0. The molecule has 3 aromatic heterocycles. The van der Waals surface area contributed by atoms with Crippen LogP contribution in [0, 0.1) is 0 Å². The molecule has 186 valence electrons. The third-order valence-corrected chi connectivity index (χ3v) is 7.00. The van der Waals surface area contributed by atoms with Crippen LogP contribution in [-0.2, 0) is 0 Å². The number of rotatable bonds is 8. The molecule has 1 atom stereocenters. The van der Waals surface area contributed by atoms with E-state index in [2.05, 4.69) is 20.7 Å². The monoisotopic (exact) mass is 483 g/mol. The zero-order valence-electron chi connectivity index (χ0n) is 20.0. The summed E-state index contributed by atoms with van der Waals surface area (Å²) in [6.07, 6.45) is 5.55. The van der Waals surface area contributed by atoms with Gasteiger partial charge in [-0.1, -0.05) is 0 Å². The van der Waals surface area contributed by atoms with Gasteiger partial charge in [-0.2, -0.15) is 4.98 Å². The average molecular weight is 484 g/mol. The van der Waals surface area contributed by atoms with Crippen molar-refractivity contribution in [2.45, 2.75) is 75.9 Å². The van der Waals surface area contributed by atoms with Crippen LogP contribution in [0.4, 0.5) is 26.2 Å². The molecule has 3 aromatic rings. The zero-order chi connectivity index (χ0) is 24.6. The summed E-state index contributed by atoms with van der Waals surface area (Å²) in [7, 11) is 1.82. The van der Waals surface area contributed by atoms with E-state index in [1.54, 1.807) is 4.52 Å². The highest BCUT2D eigenvalue weighted by Crippen LogP contribution is 2.37. The van der Waals surface area contributed by atoms with Gasteiger partial charge in [0, 0.05) is 43.4 Å². The van der Waals surface area contributed by atoms with Crippen molar-refractivity contribution < 1.29 is 13.9 Å². The summed E-state index contributed by atoms with van der Waals surface area (Å²) in [6.45, 7) is 1.89. The van der Waals surface area contributed by atoms with Crippen LogP contribution >= 0.6 is 0 Å². The summed E-state index contributed by atoms with van der Waals surface area (Å²) in [5, 5.41) is 21.5. The molecule has 1 saturated carbocycles. The van der Waals surface area contributed by atoms with Gasteiger partial charge < -0.3 is 15.7 Å². The molecule has 0 amide bonds. The number of aromatic nitrogens is 4. The minimum atomic E-state index is -2.29. The molecule has 1 unspecified atom stereocenters. The van der Waals surface area contributed by atoms with Crippen molar-refractivity contribution in [1.82, 2.24) is 19.6 Å². The Kier molecular flexibility index (Phi) is 6.39. The fraction of sp³-hybridized carbons (Fsp3) is 0.520. The van der Waals surface area contributed by atoms with E-state index in [4.69, 9.17) is 9.97 Å². The summed E-state index contributed by atoms with van der Waals surface area (Å²) in [5.41, 5.74) is 3.49. The number of nitrogens with zero attached hydrogens (tertiary/aromatic N) is 5. The first kappa shape index (κ1) is 23.6. The van der Waals surface area contributed by atoms with Crippen molar-refractivity contribution in [1.29, 1.82) is 0 Å². The van der Waals surface area contributed by atoms with Crippen molar-refractivity contribution in [2.24, 2.45) is 4.99 Å². The largest absolute Gasteiger partial charge is 0.390 e. The Bertz CT molecular complexity index is 1230. The van der Waals surface area contributed by atoms with Crippen molar-refractivity contribution >= 4 is 29.2 Å². The second-order valence-corrected chi connectivity index (χ2v) is 9.78. The van der Waals surface area contributed by atoms with Gasteiger partial charge >= 0.3 is 0 Å². The van der Waals surface area contributed by atoms with Gasteiger partial charge in [-0.3, -0.25) is 4.99 Å². The molecule has 1 fully saturated rings. The Morgan fingerprint density at radius 1 is 1.20 bits per heavy atom. The molecule has 8 nitrogen and oxygen atoms in total. The lowest BCUT2D eigenvalue weighted by Gasteiger charge is -2.33. The van der Waals surface area contributed by atoms with Gasteiger partial charge in [-0.25, -0.2) is 18.3 Å². The maximum atomic E-state index is 12.6. The van der Waals surface area contributed by atoms with Crippen molar-refractivity contribution in [3.63, 3.8) is 0 Å². The quantitative estimate of drug-likeness (QED) is 0.409. The van der Waals surface area contributed by atoms with Gasteiger partial charge in [0.15, 0.2) is 5.82 Å². The average Bonchev–Trinajstić information content (AvgIpc) is 3.43. The minimum absolute atomic E-state index is 0.0512. The molecule has 0 bridgehead atoms. The molecule has 0 aromatic carbocycles. The molecule has 0 spiro atoms. The normalized spacial score (nSPS) is 23.7. The number of hydrogen-bond acceptors (Lipinski definition) is 7. The second-order valence-electron chi connectivity index (χ2n) is 9.78. The maximum absolute atomic E-state index is 12.6. The van der Waals surface area contributed by atoms with Gasteiger partial charge in [0.25, 0.3) is 0 Å². The van der Waals surface area contributed by atoms with E-state index in [-0.39, 0.29) is 18.4 Å². The molecular weight excluding hydrogens is 452 g/mol. The predicted molar refractivity (Wildman–Crippen MR) is 133 cm³/mol. The standard InChI is InChI=1S/C25H31F2N7O/c1-25(35)11-8-16(9-12-25)30-24-32-23(28-2)22-17(10-13-34(22)33-24)18-6-7-19-21(31-18)15(14-29-19)4-3-5-20(26)27/h6-7,10,13-16,20,35H,3-5,8-9,11-12H2,1-2H3,(H2,28,30,32,33). The van der Waals surface area contributed by atoms with Gasteiger partial charge in [0.05, 0.1) is 22.7 Å². The topological polar surface area (TPSA) is 99.7 Å². The van der Waals surface area contributed by atoms with E-state index in [1.807, 2.05) is 44.6 Å². The number of hydrogen-bond donors (Lipinski definition) is 3. The van der Waals surface area contributed by atoms with Gasteiger partial charge in [0.2, 0.25) is 12.4 Å². The third kappa shape index (κ3) is 4.98. The molecule has 5 rings (SSSR count). The Hall–Kier alpha value is -3.14. The van der Waals surface area contributed by atoms with E-state index in [1.165, 1.54) is 0 Å². The molecular formula is C25H31F2N7O. The van der Waals surface area contributed by atoms with Crippen LogP contribution in [0.1, 0.15) is 63.5 Å². The molecule has 2 aliphatic rings. The molecule has 10 heteroatoms. The predicted octanol–water partition coefficient (Wildman–Crippen LogP) is 5.17. The lowest BCUT2D eigenvalue weighted by molar-refractivity contribution is 0.0195. The Morgan fingerprint density at radius 3 is 2.74 bits per heavy atom. The first-order valence-electron chi connectivity index (χ1n) is 12.2. The molecule has 0 radical (unpaired) electrons. The summed E-state index contributed by atoms with van der Waals surface area (Å²) in [5.74, 6) is 1.16. The van der Waals surface area contributed by atoms with Gasteiger partial charge in [0.1, 0.15) is 5.52 Å².